The van der Waals surface area contributed by atoms with Crippen LogP contribution in [0.5, 0.6) is 5.75 Å². The van der Waals surface area contributed by atoms with Gasteiger partial charge in [-0.1, -0.05) is 25.5 Å². The number of guanidine groups is 1. The van der Waals surface area contributed by atoms with Crippen LogP contribution in [0.3, 0.4) is 0 Å². The van der Waals surface area contributed by atoms with Gasteiger partial charge >= 0.3 is 0 Å². The fourth-order valence-corrected chi connectivity index (χ4v) is 2.77. The number of rotatable bonds is 13. The third-order valence-electron chi connectivity index (χ3n) is 4.26. The molecule has 162 valence electrons. The lowest BCUT2D eigenvalue weighted by Crippen LogP contribution is -2.40. The van der Waals surface area contributed by atoms with Crippen molar-refractivity contribution in [3.8, 4) is 5.75 Å². The Bertz CT molecular complexity index is 535. The Morgan fingerprint density at radius 1 is 1.21 bits per heavy atom. The van der Waals surface area contributed by atoms with Gasteiger partial charge in [0.05, 0.1) is 6.54 Å². The molecule has 0 bridgehead atoms. The Morgan fingerprint density at radius 3 is 2.64 bits per heavy atom. The Balaban J connectivity index is 0.00000729. The first-order chi connectivity index (χ1) is 13.1. The molecular formula is C21H39IN4O2. The van der Waals surface area contributed by atoms with E-state index in [1.807, 2.05) is 32.3 Å². The molecule has 1 aromatic carbocycles. The highest BCUT2D eigenvalue weighted by Crippen LogP contribution is 2.14. The molecule has 1 unspecified atom stereocenters. The fourth-order valence-electron chi connectivity index (χ4n) is 2.77. The monoisotopic (exact) mass is 506 g/mol. The molecule has 0 aromatic heterocycles. The average Bonchev–Trinajstić information content (AvgIpc) is 2.64. The third kappa shape index (κ3) is 12.4. The molecule has 0 spiro atoms. The summed E-state index contributed by atoms with van der Waals surface area (Å²) in [5.74, 6) is 2.17. The zero-order valence-electron chi connectivity index (χ0n) is 17.9. The zero-order valence-corrected chi connectivity index (χ0v) is 20.2. The summed E-state index contributed by atoms with van der Waals surface area (Å²) in [6.45, 7) is 8.29. The molecule has 6 nitrogen and oxygen atoms in total. The minimum Gasteiger partial charge on any atom is -0.492 e. The van der Waals surface area contributed by atoms with Crippen LogP contribution in [0, 0.1) is 5.92 Å². The summed E-state index contributed by atoms with van der Waals surface area (Å²) in [4.78, 5) is 6.80. The standard InChI is InChI=1S/C21H38N4O2.HI/c1-5-8-18(11-13-26)16-23-21(22-6-2)24-17-19-9-7-10-20(15-19)27-14-12-25(3)4;/h7,9-10,15,18,26H,5-6,8,11-14,16-17H2,1-4H3,(H2,22,23,24);1H. The van der Waals surface area contributed by atoms with Crippen molar-refractivity contribution in [1.29, 1.82) is 0 Å². The fraction of sp³-hybridized carbons (Fsp3) is 0.667. The summed E-state index contributed by atoms with van der Waals surface area (Å²) >= 11 is 0. The van der Waals surface area contributed by atoms with Gasteiger partial charge in [0.1, 0.15) is 12.4 Å². The van der Waals surface area contributed by atoms with Crippen molar-refractivity contribution in [3.05, 3.63) is 29.8 Å². The van der Waals surface area contributed by atoms with E-state index in [9.17, 15) is 5.11 Å². The molecule has 0 fully saturated rings. The second-order valence-corrected chi connectivity index (χ2v) is 7.04. The van der Waals surface area contributed by atoms with Gasteiger partial charge in [-0.15, -0.1) is 24.0 Å². The maximum atomic E-state index is 9.21. The molecule has 0 amide bonds. The summed E-state index contributed by atoms with van der Waals surface area (Å²) < 4.78 is 5.80. The van der Waals surface area contributed by atoms with Gasteiger partial charge in [0, 0.05) is 26.2 Å². The van der Waals surface area contributed by atoms with E-state index in [4.69, 9.17) is 9.73 Å². The van der Waals surface area contributed by atoms with Gasteiger partial charge in [-0.05, 0) is 57.5 Å². The largest absolute Gasteiger partial charge is 0.492 e. The topological polar surface area (TPSA) is 69.1 Å². The SMILES string of the molecule is CCCC(CCO)CNC(=NCc1cccc(OCCN(C)C)c1)NCC.I. The summed E-state index contributed by atoms with van der Waals surface area (Å²) in [5.41, 5.74) is 1.12. The smallest absolute Gasteiger partial charge is 0.191 e. The highest BCUT2D eigenvalue weighted by molar-refractivity contribution is 14.0. The number of likely N-dealkylation sites (N-methyl/N-ethyl adjacent to an activating group) is 1. The summed E-state index contributed by atoms with van der Waals surface area (Å²) in [7, 11) is 4.07. The summed E-state index contributed by atoms with van der Waals surface area (Å²) in [6, 6.07) is 8.11. The molecule has 0 heterocycles. The molecule has 1 aromatic rings. The quantitative estimate of drug-likeness (QED) is 0.218. The van der Waals surface area contributed by atoms with E-state index in [1.165, 1.54) is 0 Å². The normalized spacial score (nSPS) is 12.4. The lowest BCUT2D eigenvalue weighted by Gasteiger charge is -2.18. The summed E-state index contributed by atoms with van der Waals surface area (Å²) in [5, 5.41) is 15.9. The second kappa shape index (κ2) is 16.9. The second-order valence-electron chi connectivity index (χ2n) is 7.04. The lowest BCUT2D eigenvalue weighted by molar-refractivity contribution is 0.251. The first-order valence-electron chi connectivity index (χ1n) is 10.1. The van der Waals surface area contributed by atoms with Crippen LogP contribution < -0.4 is 15.4 Å². The van der Waals surface area contributed by atoms with Crippen molar-refractivity contribution >= 4 is 29.9 Å². The number of hydrogen-bond acceptors (Lipinski definition) is 4. The van der Waals surface area contributed by atoms with E-state index < -0.39 is 0 Å². The van der Waals surface area contributed by atoms with Gasteiger partial charge in [-0.2, -0.15) is 0 Å². The Labute approximate surface area is 188 Å². The lowest BCUT2D eigenvalue weighted by atomic mass is 10.0. The van der Waals surface area contributed by atoms with Crippen molar-refractivity contribution in [2.75, 3.05) is 46.9 Å². The number of halogens is 1. The zero-order chi connectivity index (χ0) is 19.9. The molecule has 3 N–H and O–H groups in total. The number of ether oxygens (including phenoxy) is 1. The number of nitrogens with one attached hydrogen (secondary N) is 2. The van der Waals surface area contributed by atoms with E-state index in [2.05, 4.69) is 35.4 Å². The number of aliphatic hydroxyl groups is 1. The Morgan fingerprint density at radius 2 is 2.00 bits per heavy atom. The van der Waals surface area contributed by atoms with Crippen LogP contribution in [0.25, 0.3) is 0 Å². The highest BCUT2D eigenvalue weighted by atomic mass is 127. The first-order valence-corrected chi connectivity index (χ1v) is 10.1. The predicted molar refractivity (Wildman–Crippen MR) is 129 cm³/mol. The molecule has 0 saturated heterocycles. The van der Waals surface area contributed by atoms with Crippen LogP contribution in [0.15, 0.2) is 29.3 Å². The van der Waals surface area contributed by atoms with Crippen LogP contribution in [-0.4, -0.2) is 62.9 Å². The van der Waals surface area contributed by atoms with Gasteiger partial charge in [0.25, 0.3) is 0 Å². The molecule has 0 aliphatic heterocycles. The third-order valence-corrected chi connectivity index (χ3v) is 4.26. The van der Waals surface area contributed by atoms with Gasteiger partial charge in [0.2, 0.25) is 0 Å². The van der Waals surface area contributed by atoms with Gasteiger partial charge in [0.15, 0.2) is 5.96 Å². The van der Waals surface area contributed by atoms with E-state index in [0.717, 1.165) is 56.2 Å². The van der Waals surface area contributed by atoms with Crippen LogP contribution >= 0.6 is 24.0 Å². The molecule has 0 aliphatic rings. The van der Waals surface area contributed by atoms with E-state index in [0.29, 0.717) is 19.1 Å². The van der Waals surface area contributed by atoms with Gasteiger partial charge < -0.3 is 25.4 Å². The van der Waals surface area contributed by atoms with Crippen molar-refractivity contribution in [2.45, 2.75) is 39.7 Å². The molecule has 0 saturated carbocycles. The maximum Gasteiger partial charge on any atom is 0.191 e. The van der Waals surface area contributed by atoms with E-state index >= 15 is 0 Å². The maximum absolute atomic E-state index is 9.21. The number of aliphatic hydroxyl groups excluding tert-OH is 1. The summed E-state index contributed by atoms with van der Waals surface area (Å²) in [6.07, 6.45) is 3.06. The molecular weight excluding hydrogens is 467 g/mol. The van der Waals surface area contributed by atoms with E-state index in [-0.39, 0.29) is 30.6 Å². The number of benzene rings is 1. The van der Waals surface area contributed by atoms with Crippen LogP contribution in [-0.2, 0) is 6.54 Å². The predicted octanol–water partition coefficient (Wildman–Crippen LogP) is 3.10. The van der Waals surface area contributed by atoms with Crippen LogP contribution in [0.1, 0.15) is 38.7 Å². The van der Waals surface area contributed by atoms with Crippen molar-refractivity contribution in [3.63, 3.8) is 0 Å². The van der Waals surface area contributed by atoms with E-state index in [1.54, 1.807) is 0 Å². The highest BCUT2D eigenvalue weighted by Gasteiger charge is 2.08. The van der Waals surface area contributed by atoms with Crippen molar-refractivity contribution < 1.29 is 9.84 Å². The number of nitrogens with zero attached hydrogens (tertiary/aromatic N) is 2. The van der Waals surface area contributed by atoms with Crippen molar-refractivity contribution in [1.82, 2.24) is 15.5 Å². The molecule has 0 radical (unpaired) electrons. The van der Waals surface area contributed by atoms with Gasteiger partial charge in [-0.25, -0.2) is 4.99 Å². The van der Waals surface area contributed by atoms with Crippen LogP contribution in [0.2, 0.25) is 0 Å². The minimum atomic E-state index is 0. The molecule has 1 rings (SSSR count). The van der Waals surface area contributed by atoms with Gasteiger partial charge in [-0.3, -0.25) is 0 Å². The van der Waals surface area contributed by atoms with Crippen molar-refractivity contribution in [2.24, 2.45) is 10.9 Å². The number of aliphatic imine (C=N–C) groups is 1. The molecule has 0 aliphatic carbocycles. The minimum absolute atomic E-state index is 0. The molecule has 28 heavy (non-hydrogen) atoms. The average molecular weight is 506 g/mol. The molecule has 7 heteroatoms. The molecule has 1 atom stereocenters. The Kier molecular flexibility index (Phi) is 16.2. The number of hydrogen-bond donors (Lipinski definition) is 3. The first kappa shape index (κ1) is 26.9. The Hall–Kier alpha value is -1.06. The van der Waals surface area contributed by atoms with Crippen LogP contribution in [0.4, 0.5) is 0 Å².